The molecule has 38 valence electrons. The highest BCUT2D eigenvalue weighted by Gasteiger charge is 2.01. The van der Waals surface area contributed by atoms with E-state index in [4.69, 9.17) is 6.92 Å². The summed E-state index contributed by atoms with van der Waals surface area (Å²) in [5.74, 6) is 5.17. The summed E-state index contributed by atoms with van der Waals surface area (Å²) in [6.07, 6.45) is 0. The van der Waals surface area contributed by atoms with E-state index >= 15 is 0 Å². The van der Waals surface area contributed by atoms with Gasteiger partial charge in [-0.2, -0.15) is 0 Å². The largest absolute Gasteiger partial charge is 0.0970 e. The lowest BCUT2D eigenvalue weighted by Crippen LogP contribution is -1.98. The molecule has 0 saturated carbocycles. The summed E-state index contributed by atoms with van der Waals surface area (Å²) in [7, 11) is 0. The second-order valence-corrected chi connectivity index (χ2v) is 2.52. The van der Waals surface area contributed by atoms with Gasteiger partial charge in [0.05, 0.1) is 6.92 Å². The second-order valence-electron chi connectivity index (χ2n) is 2.52. The van der Waals surface area contributed by atoms with Gasteiger partial charge in [0.15, 0.2) is 0 Å². The topological polar surface area (TPSA) is 0 Å². The zero-order valence-corrected chi connectivity index (χ0v) is 5.08. The maximum atomic E-state index is 4.95. The molecule has 0 amide bonds. The highest BCUT2D eigenvalue weighted by atomic mass is 14.0. The average molecular weight is 94.2 g/mol. The van der Waals surface area contributed by atoms with Gasteiger partial charge < -0.3 is 0 Å². The van der Waals surface area contributed by atoms with E-state index in [1.165, 1.54) is 0 Å². The van der Waals surface area contributed by atoms with Crippen molar-refractivity contribution in [2.24, 2.45) is 5.41 Å². The molecule has 0 saturated heterocycles. The van der Waals surface area contributed by atoms with Crippen molar-refractivity contribution in [3.05, 3.63) is 6.92 Å². The second kappa shape index (κ2) is 2.02. The van der Waals surface area contributed by atoms with E-state index in [0.717, 1.165) is 0 Å². The van der Waals surface area contributed by atoms with Gasteiger partial charge in [0.25, 0.3) is 0 Å². The van der Waals surface area contributed by atoms with Crippen molar-refractivity contribution in [3.63, 3.8) is 0 Å². The van der Waals surface area contributed by atoms with Gasteiger partial charge >= 0.3 is 0 Å². The first-order chi connectivity index (χ1) is 3.06. The molecule has 0 aromatic rings. The van der Waals surface area contributed by atoms with Crippen molar-refractivity contribution in [2.45, 2.75) is 20.8 Å². The molecule has 2 radical (unpaired) electrons. The predicted molar refractivity (Wildman–Crippen MR) is 31.5 cm³/mol. The van der Waals surface area contributed by atoms with E-state index in [0.29, 0.717) is 0 Å². The van der Waals surface area contributed by atoms with E-state index < -0.39 is 0 Å². The van der Waals surface area contributed by atoms with E-state index in [1.54, 1.807) is 0 Å². The van der Waals surface area contributed by atoms with E-state index in [9.17, 15) is 0 Å². The standard InChI is InChI=1S/C7H10/c1-5-6-7(2,3)4/h1H,2-4H3. The summed E-state index contributed by atoms with van der Waals surface area (Å²) < 4.78 is 0. The molecule has 0 aromatic carbocycles. The van der Waals surface area contributed by atoms with Crippen LogP contribution in [0.2, 0.25) is 0 Å². The highest BCUT2D eigenvalue weighted by Crippen LogP contribution is 2.08. The smallest absolute Gasteiger partial charge is 0.0503 e. The van der Waals surface area contributed by atoms with Gasteiger partial charge in [-0.25, -0.2) is 0 Å². The van der Waals surface area contributed by atoms with Gasteiger partial charge in [0.1, 0.15) is 0 Å². The molecule has 0 bridgehead atoms. The molecule has 0 atom stereocenters. The van der Waals surface area contributed by atoms with Gasteiger partial charge in [0, 0.05) is 5.41 Å². The van der Waals surface area contributed by atoms with Crippen molar-refractivity contribution < 1.29 is 0 Å². The fraction of sp³-hybridized carbons (Fsp3) is 0.571. The molecule has 0 unspecified atom stereocenters. The summed E-state index contributed by atoms with van der Waals surface area (Å²) in [5, 5.41) is 0. The SMILES string of the molecule is [CH]C#CC(C)(C)C. The molecular weight excluding hydrogens is 84.1 g/mol. The predicted octanol–water partition coefficient (Wildman–Crippen LogP) is 1.75. The van der Waals surface area contributed by atoms with Crippen molar-refractivity contribution >= 4 is 0 Å². The maximum absolute atomic E-state index is 4.95. The Kier molecular flexibility index (Phi) is 1.90. The first-order valence-corrected chi connectivity index (χ1v) is 2.29. The summed E-state index contributed by atoms with van der Waals surface area (Å²) >= 11 is 0. The maximum Gasteiger partial charge on any atom is 0.0503 e. The van der Waals surface area contributed by atoms with Gasteiger partial charge in [0.2, 0.25) is 0 Å². The van der Waals surface area contributed by atoms with Crippen LogP contribution < -0.4 is 0 Å². The normalized spacial score (nSPS) is 9.71. The van der Waals surface area contributed by atoms with Crippen LogP contribution in [-0.4, -0.2) is 0 Å². The minimum absolute atomic E-state index is 0.0642. The van der Waals surface area contributed by atoms with Crippen molar-refractivity contribution in [2.75, 3.05) is 0 Å². The summed E-state index contributed by atoms with van der Waals surface area (Å²) in [4.78, 5) is 0. The zero-order chi connectivity index (χ0) is 5.91. The molecule has 0 N–H and O–H groups in total. The molecular formula is C7H10. The fourth-order valence-corrected chi connectivity index (χ4v) is 0.217. The van der Waals surface area contributed by atoms with Crippen LogP contribution in [0.3, 0.4) is 0 Å². The van der Waals surface area contributed by atoms with Crippen LogP contribution in [-0.2, 0) is 0 Å². The van der Waals surface area contributed by atoms with Crippen LogP contribution in [0.1, 0.15) is 20.8 Å². The third kappa shape index (κ3) is 5.56. The first kappa shape index (κ1) is 6.56. The van der Waals surface area contributed by atoms with E-state index in [1.807, 2.05) is 20.8 Å². The molecule has 0 aliphatic carbocycles. The van der Waals surface area contributed by atoms with Gasteiger partial charge in [-0.15, -0.1) is 0 Å². The Morgan fingerprint density at radius 3 is 1.71 bits per heavy atom. The van der Waals surface area contributed by atoms with Gasteiger partial charge in [-0.05, 0) is 20.8 Å². The summed E-state index contributed by atoms with van der Waals surface area (Å²) in [6.45, 7) is 11.0. The third-order valence-corrected chi connectivity index (χ3v) is 0.447. The summed E-state index contributed by atoms with van der Waals surface area (Å²) in [5.41, 5.74) is 0.0642. The Labute approximate surface area is 45.9 Å². The molecule has 0 aliphatic heterocycles. The Morgan fingerprint density at radius 1 is 1.29 bits per heavy atom. The Hall–Kier alpha value is -0.440. The fourth-order valence-electron chi connectivity index (χ4n) is 0.217. The lowest BCUT2D eigenvalue weighted by Gasteiger charge is -2.05. The zero-order valence-electron chi connectivity index (χ0n) is 5.08. The molecule has 0 spiro atoms. The number of rotatable bonds is 0. The lowest BCUT2D eigenvalue weighted by atomic mass is 9.98. The monoisotopic (exact) mass is 94.1 g/mol. The van der Waals surface area contributed by atoms with E-state index in [2.05, 4.69) is 11.8 Å². The molecule has 0 rings (SSSR count). The minimum Gasteiger partial charge on any atom is -0.0970 e. The molecule has 0 heterocycles. The van der Waals surface area contributed by atoms with Gasteiger partial charge in [-0.3, -0.25) is 0 Å². The quantitative estimate of drug-likeness (QED) is 0.401. The Morgan fingerprint density at radius 2 is 1.71 bits per heavy atom. The number of hydrogen-bond donors (Lipinski definition) is 0. The van der Waals surface area contributed by atoms with Crippen LogP contribution in [0.15, 0.2) is 0 Å². The van der Waals surface area contributed by atoms with Crippen LogP contribution in [0.25, 0.3) is 0 Å². The Balaban J connectivity index is 3.72. The van der Waals surface area contributed by atoms with Crippen LogP contribution in [0.5, 0.6) is 0 Å². The molecule has 0 fully saturated rings. The van der Waals surface area contributed by atoms with Crippen molar-refractivity contribution in [3.8, 4) is 11.8 Å². The average Bonchev–Trinajstić information content (AvgIpc) is 1.30. The van der Waals surface area contributed by atoms with E-state index in [-0.39, 0.29) is 5.41 Å². The number of hydrogen-bond acceptors (Lipinski definition) is 0. The van der Waals surface area contributed by atoms with Crippen molar-refractivity contribution in [1.82, 2.24) is 0 Å². The highest BCUT2D eigenvalue weighted by molar-refractivity contribution is 5.08. The van der Waals surface area contributed by atoms with Gasteiger partial charge in [-0.1, -0.05) is 11.8 Å². The first-order valence-electron chi connectivity index (χ1n) is 2.29. The molecule has 0 aromatic heterocycles. The van der Waals surface area contributed by atoms with Crippen LogP contribution >= 0.6 is 0 Å². The molecule has 0 heteroatoms. The lowest BCUT2D eigenvalue weighted by molar-refractivity contribution is 0.571. The minimum atomic E-state index is 0.0642. The van der Waals surface area contributed by atoms with Crippen LogP contribution in [0, 0.1) is 24.2 Å². The molecule has 0 aliphatic rings. The van der Waals surface area contributed by atoms with Crippen molar-refractivity contribution in [1.29, 1.82) is 0 Å². The van der Waals surface area contributed by atoms with Crippen LogP contribution in [0.4, 0.5) is 0 Å². The summed E-state index contributed by atoms with van der Waals surface area (Å²) in [6, 6.07) is 0. The molecule has 0 nitrogen and oxygen atoms in total. The Bertz CT molecular complexity index is 93.4. The third-order valence-electron chi connectivity index (χ3n) is 0.447. The molecule has 7 heavy (non-hydrogen) atoms.